The van der Waals surface area contributed by atoms with E-state index in [0.717, 1.165) is 5.56 Å². The first-order chi connectivity index (χ1) is 10.5. The number of hydrogen-bond acceptors (Lipinski definition) is 6. The fourth-order valence-corrected chi connectivity index (χ4v) is 2.09. The highest BCUT2D eigenvalue weighted by atomic mass is 16.7. The third-order valence-corrected chi connectivity index (χ3v) is 3.10. The largest absolute Gasteiger partial charge is 0.513 e. The van der Waals surface area contributed by atoms with Crippen LogP contribution in [0.15, 0.2) is 24.3 Å². The van der Waals surface area contributed by atoms with Crippen molar-refractivity contribution in [1.29, 1.82) is 0 Å². The monoisotopic (exact) mass is 304 g/mol. The van der Waals surface area contributed by atoms with Crippen molar-refractivity contribution >= 4 is 23.1 Å². The summed E-state index contributed by atoms with van der Waals surface area (Å²) in [6, 6.07) is 7.09. The van der Waals surface area contributed by atoms with E-state index < -0.39 is 12.3 Å². The molecule has 2 aromatic carbocycles. The fourth-order valence-electron chi connectivity index (χ4n) is 2.09. The topological polar surface area (TPSA) is 71.1 Å². The molecular formula is C16H16O6. The zero-order valence-electron chi connectivity index (χ0n) is 12.8. The molecule has 0 radical (unpaired) electrons. The SMILES string of the molecule is COC(=O)Oc1cc(C)c(OC(=O)OC)c2cc(C)ccc12. The number of ether oxygens (including phenoxy) is 4. The lowest BCUT2D eigenvalue weighted by molar-refractivity contribution is 0.119. The Morgan fingerprint density at radius 3 is 2.14 bits per heavy atom. The molecule has 0 saturated carbocycles. The summed E-state index contributed by atoms with van der Waals surface area (Å²) in [7, 11) is 2.47. The molecule has 2 aromatic rings. The Morgan fingerprint density at radius 2 is 1.50 bits per heavy atom. The van der Waals surface area contributed by atoms with Crippen molar-refractivity contribution in [3.8, 4) is 11.5 Å². The molecule has 0 heterocycles. The second-order valence-electron chi connectivity index (χ2n) is 4.68. The molecule has 0 unspecified atom stereocenters. The lowest BCUT2D eigenvalue weighted by Gasteiger charge is -2.14. The van der Waals surface area contributed by atoms with Crippen LogP contribution < -0.4 is 9.47 Å². The first kappa shape index (κ1) is 15.6. The molecule has 0 aliphatic heterocycles. The van der Waals surface area contributed by atoms with Crippen LogP contribution in [-0.2, 0) is 9.47 Å². The van der Waals surface area contributed by atoms with Gasteiger partial charge in [0.25, 0.3) is 0 Å². The van der Waals surface area contributed by atoms with Gasteiger partial charge in [-0.05, 0) is 31.5 Å². The Bertz CT molecular complexity index is 735. The van der Waals surface area contributed by atoms with Gasteiger partial charge in [-0.1, -0.05) is 17.7 Å². The van der Waals surface area contributed by atoms with Gasteiger partial charge in [-0.15, -0.1) is 0 Å². The van der Waals surface area contributed by atoms with E-state index in [-0.39, 0.29) is 0 Å². The first-order valence-corrected chi connectivity index (χ1v) is 6.51. The molecule has 0 fully saturated rings. The predicted molar refractivity (Wildman–Crippen MR) is 79.5 cm³/mol. The highest BCUT2D eigenvalue weighted by Gasteiger charge is 2.17. The second-order valence-corrected chi connectivity index (χ2v) is 4.68. The number of aryl methyl sites for hydroxylation is 2. The van der Waals surface area contributed by atoms with E-state index in [1.54, 1.807) is 19.1 Å². The van der Waals surface area contributed by atoms with E-state index in [1.807, 2.05) is 19.1 Å². The quantitative estimate of drug-likeness (QED) is 0.621. The van der Waals surface area contributed by atoms with E-state index in [2.05, 4.69) is 9.47 Å². The average Bonchev–Trinajstić information content (AvgIpc) is 2.50. The number of fused-ring (bicyclic) bond motifs is 1. The van der Waals surface area contributed by atoms with Crippen LogP contribution in [-0.4, -0.2) is 26.5 Å². The number of benzene rings is 2. The average molecular weight is 304 g/mol. The van der Waals surface area contributed by atoms with E-state index in [1.165, 1.54) is 14.2 Å². The van der Waals surface area contributed by atoms with Gasteiger partial charge in [0.15, 0.2) is 0 Å². The van der Waals surface area contributed by atoms with E-state index >= 15 is 0 Å². The molecule has 0 amide bonds. The molecule has 0 aliphatic carbocycles. The van der Waals surface area contributed by atoms with Crippen LogP contribution in [0.3, 0.4) is 0 Å². The highest BCUT2D eigenvalue weighted by Crippen LogP contribution is 2.37. The van der Waals surface area contributed by atoms with Crippen LogP contribution in [0, 0.1) is 13.8 Å². The summed E-state index contributed by atoms with van der Waals surface area (Å²) in [5.41, 5.74) is 1.60. The second kappa shape index (κ2) is 6.34. The van der Waals surface area contributed by atoms with Gasteiger partial charge in [-0.3, -0.25) is 0 Å². The predicted octanol–water partition coefficient (Wildman–Crippen LogP) is 3.75. The number of hydrogen-bond donors (Lipinski definition) is 0. The number of carbonyl (C=O) groups excluding carboxylic acids is 2. The van der Waals surface area contributed by atoms with Crippen molar-refractivity contribution in [3.63, 3.8) is 0 Å². The highest BCUT2D eigenvalue weighted by molar-refractivity contribution is 5.97. The molecule has 6 heteroatoms. The van der Waals surface area contributed by atoms with Gasteiger partial charge in [0, 0.05) is 10.8 Å². The Balaban J connectivity index is 2.64. The molecule has 0 atom stereocenters. The Labute approximate surface area is 127 Å². The van der Waals surface area contributed by atoms with Gasteiger partial charge in [0.1, 0.15) is 11.5 Å². The van der Waals surface area contributed by atoms with Gasteiger partial charge in [0.05, 0.1) is 14.2 Å². The summed E-state index contributed by atoms with van der Waals surface area (Å²) >= 11 is 0. The Morgan fingerprint density at radius 1 is 0.864 bits per heavy atom. The normalized spacial score (nSPS) is 10.2. The molecule has 2 rings (SSSR count). The van der Waals surface area contributed by atoms with Crippen molar-refractivity contribution in [3.05, 3.63) is 35.4 Å². The minimum Gasteiger partial charge on any atom is -0.437 e. The number of rotatable bonds is 2. The third-order valence-electron chi connectivity index (χ3n) is 3.10. The molecule has 0 saturated heterocycles. The fraction of sp³-hybridized carbons (Fsp3) is 0.250. The summed E-state index contributed by atoms with van der Waals surface area (Å²) in [5.74, 6) is 0.694. The van der Waals surface area contributed by atoms with Crippen LogP contribution >= 0.6 is 0 Å². The summed E-state index contributed by atoms with van der Waals surface area (Å²) in [5, 5.41) is 1.27. The third kappa shape index (κ3) is 3.11. The molecule has 0 aliphatic rings. The maximum absolute atomic E-state index is 11.4. The lowest BCUT2D eigenvalue weighted by atomic mass is 10.0. The minimum atomic E-state index is -0.817. The zero-order chi connectivity index (χ0) is 16.3. The van der Waals surface area contributed by atoms with E-state index in [0.29, 0.717) is 27.8 Å². The molecule has 6 nitrogen and oxygen atoms in total. The smallest absolute Gasteiger partial charge is 0.437 e. The van der Waals surface area contributed by atoms with Crippen LogP contribution in [0.2, 0.25) is 0 Å². The molecule has 0 aromatic heterocycles. The van der Waals surface area contributed by atoms with E-state index in [9.17, 15) is 9.59 Å². The van der Waals surface area contributed by atoms with Crippen LogP contribution in [0.4, 0.5) is 9.59 Å². The summed E-state index contributed by atoms with van der Waals surface area (Å²) in [6.45, 7) is 3.65. The molecular weight excluding hydrogens is 288 g/mol. The molecule has 0 bridgehead atoms. The van der Waals surface area contributed by atoms with Crippen molar-refractivity contribution in [1.82, 2.24) is 0 Å². The standard InChI is InChI=1S/C16H16O6/c1-9-5-6-11-12(7-9)14(22-16(18)20-4)10(2)8-13(11)21-15(17)19-3/h5-8H,1-4H3. The van der Waals surface area contributed by atoms with Gasteiger partial charge in [-0.25, -0.2) is 9.59 Å². The van der Waals surface area contributed by atoms with Crippen molar-refractivity contribution < 1.29 is 28.5 Å². The first-order valence-electron chi connectivity index (χ1n) is 6.51. The molecule has 116 valence electrons. The van der Waals surface area contributed by atoms with Crippen LogP contribution in [0.25, 0.3) is 10.8 Å². The van der Waals surface area contributed by atoms with Gasteiger partial charge < -0.3 is 18.9 Å². The number of carbonyl (C=O) groups is 2. The van der Waals surface area contributed by atoms with Crippen molar-refractivity contribution in [2.75, 3.05) is 14.2 Å². The van der Waals surface area contributed by atoms with Gasteiger partial charge in [0.2, 0.25) is 0 Å². The summed E-state index contributed by atoms with van der Waals surface area (Å²) in [4.78, 5) is 22.8. The van der Waals surface area contributed by atoms with Crippen LogP contribution in [0.1, 0.15) is 11.1 Å². The zero-order valence-corrected chi connectivity index (χ0v) is 12.8. The van der Waals surface area contributed by atoms with Gasteiger partial charge in [-0.2, -0.15) is 0 Å². The lowest BCUT2D eigenvalue weighted by Crippen LogP contribution is -2.10. The Kier molecular flexibility index (Phi) is 4.50. The van der Waals surface area contributed by atoms with Crippen molar-refractivity contribution in [2.24, 2.45) is 0 Å². The maximum atomic E-state index is 11.4. The summed E-state index contributed by atoms with van der Waals surface area (Å²) in [6.07, 6.45) is -1.63. The van der Waals surface area contributed by atoms with E-state index in [4.69, 9.17) is 9.47 Å². The van der Waals surface area contributed by atoms with Crippen molar-refractivity contribution in [2.45, 2.75) is 13.8 Å². The molecule has 0 N–H and O–H groups in total. The maximum Gasteiger partial charge on any atom is 0.513 e. The van der Waals surface area contributed by atoms with Gasteiger partial charge >= 0.3 is 12.3 Å². The molecule has 22 heavy (non-hydrogen) atoms. The van der Waals surface area contributed by atoms with Crippen LogP contribution in [0.5, 0.6) is 11.5 Å². The molecule has 0 spiro atoms. The Hall–Kier alpha value is -2.76. The minimum absolute atomic E-state index is 0.330. The number of methoxy groups -OCH3 is 2. The summed E-state index contributed by atoms with van der Waals surface area (Å²) < 4.78 is 19.4.